The van der Waals surface area contributed by atoms with Crippen molar-refractivity contribution < 1.29 is 9.18 Å². The van der Waals surface area contributed by atoms with Gasteiger partial charge in [-0.3, -0.25) is 4.79 Å². The lowest BCUT2D eigenvalue weighted by atomic mass is 9.93. The number of fused-ring (bicyclic) bond motifs is 1. The Morgan fingerprint density at radius 2 is 2.30 bits per heavy atom. The number of halogens is 1. The number of hydrogen-bond acceptors (Lipinski definition) is 2. The van der Waals surface area contributed by atoms with Gasteiger partial charge < -0.3 is 10.6 Å². The maximum Gasteiger partial charge on any atom is 0.237 e. The van der Waals surface area contributed by atoms with E-state index >= 15 is 0 Å². The van der Waals surface area contributed by atoms with Crippen molar-refractivity contribution in [3.8, 4) is 0 Å². The van der Waals surface area contributed by atoms with E-state index in [4.69, 9.17) is 0 Å². The van der Waals surface area contributed by atoms with Crippen LogP contribution in [0.15, 0.2) is 24.3 Å². The van der Waals surface area contributed by atoms with Crippen molar-refractivity contribution in [3.63, 3.8) is 0 Å². The third-order valence-corrected chi connectivity index (χ3v) is 4.74. The summed E-state index contributed by atoms with van der Waals surface area (Å²) in [6.07, 6.45) is 3.62. The van der Waals surface area contributed by atoms with Gasteiger partial charge in [0.15, 0.2) is 0 Å². The van der Waals surface area contributed by atoms with E-state index in [9.17, 15) is 9.18 Å². The van der Waals surface area contributed by atoms with Crippen LogP contribution in [-0.2, 0) is 4.79 Å². The quantitative estimate of drug-likeness (QED) is 0.890. The molecular formula is C16H21FN2O. The largest absolute Gasteiger partial charge is 0.348 e. The van der Waals surface area contributed by atoms with Crippen LogP contribution in [0, 0.1) is 17.7 Å². The summed E-state index contributed by atoms with van der Waals surface area (Å²) in [6, 6.07) is 6.17. The van der Waals surface area contributed by atoms with Crippen molar-refractivity contribution in [1.82, 2.24) is 10.6 Å². The minimum Gasteiger partial charge on any atom is -0.348 e. The van der Waals surface area contributed by atoms with Crippen LogP contribution in [0.5, 0.6) is 0 Å². The molecule has 2 fully saturated rings. The molecule has 20 heavy (non-hydrogen) atoms. The first-order chi connectivity index (χ1) is 9.65. The van der Waals surface area contributed by atoms with Gasteiger partial charge in [-0.15, -0.1) is 0 Å². The normalized spacial score (nSPS) is 30.0. The number of rotatable bonds is 3. The van der Waals surface area contributed by atoms with Crippen LogP contribution in [0.4, 0.5) is 4.39 Å². The lowest BCUT2D eigenvalue weighted by Gasteiger charge is -2.21. The molecule has 1 aromatic rings. The summed E-state index contributed by atoms with van der Waals surface area (Å²) < 4.78 is 13.2. The molecule has 1 aliphatic heterocycles. The van der Waals surface area contributed by atoms with E-state index in [1.807, 2.05) is 13.0 Å². The number of carbonyl (C=O) groups excluding carboxylic acids is 1. The minimum atomic E-state index is -0.265. The molecule has 0 spiro atoms. The van der Waals surface area contributed by atoms with E-state index in [1.54, 1.807) is 6.07 Å². The Labute approximate surface area is 118 Å². The molecule has 1 aliphatic carbocycles. The highest BCUT2D eigenvalue weighted by molar-refractivity contribution is 5.83. The number of carbonyl (C=O) groups is 1. The van der Waals surface area contributed by atoms with Gasteiger partial charge in [0.05, 0.1) is 12.1 Å². The maximum atomic E-state index is 13.2. The molecule has 1 aromatic carbocycles. The predicted octanol–water partition coefficient (Wildman–Crippen LogP) is 2.39. The third-order valence-electron chi connectivity index (χ3n) is 4.74. The second-order valence-corrected chi connectivity index (χ2v) is 6.03. The van der Waals surface area contributed by atoms with Crippen LogP contribution < -0.4 is 10.6 Å². The van der Waals surface area contributed by atoms with Crippen LogP contribution in [0.1, 0.15) is 37.8 Å². The van der Waals surface area contributed by atoms with E-state index in [0.717, 1.165) is 18.5 Å². The summed E-state index contributed by atoms with van der Waals surface area (Å²) in [7, 11) is 0. The first-order valence-corrected chi connectivity index (χ1v) is 7.44. The van der Waals surface area contributed by atoms with Gasteiger partial charge in [0.1, 0.15) is 5.82 Å². The molecule has 0 aromatic heterocycles. The summed E-state index contributed by atoms with van der Waals surface area (Å²) in [6.45, 7) is 2.85. The van der Waals surface area contributed by atoms with E-state index in [-0.39, 0.29) is 23.8 Å². The van der Waals surface area contributed by atoms with E-state index in [0.29, 0.717) is 11.8 Å². The Morgan fingerprint density at radius 1 is 1.45 bits per heavy atom. The van der Waals surface area contributed by atoms with Gasteiger partial charge in [-0.2, -0.15) is 0 Å². The van der Waals surface area contributed by atoms with E-state index < -0.39 is 0 Å². The molecule has 3 rings (SSSR count). The molecule has 2 N–H and O–H groups in total. The molecule has 4 heteroatoms. The summed E-state index contributed by atoms with van der Waals surface area (Å²) in [4.78, 5) is 12.4. The average molecular weight is 276 g/mol. The number of hydrogen-bond donors (Lipinski definition) is 2. The fourth-order valence-electron chi connectivity index (χ4n) is 3.64. The molecular weight excluding hydrogens is 255 g/mol. The molecule has 2 aliphatic rings. The maximum absolute atomic E-state index is 13.2. The molecule has 1 heterocycles. The zero-order chi connectivity index (χ0) is 14.1. The number of benzene rings is 1. The second kappa shape index (κ2) is 5.52. The molecule has 1 amide bonds. The van der Waals surface area contributed by atoms with Gasteiger partial charge in [0.25, 0.3) is 0 Å². The highest BCUT2D eigenvalue weighted by Gasteiger charge is 2.42. The average Bonchev–Trinajstić information content (AvgIpc) is 3.00. The summed E-state index contributed by atoms with van der Waals surface area (Å²) in [5.74, 6) is 0.930. The zero-order valence-electron chi connectivity index (χ0n) is 11.7. The monoisotopic (exact) mass is 276 g/mol. The Kier molecular flexibility index (Phi) is 3.74. The highest BCUT2D eigenvalue weighted by atomic mass is 19.1. The Morgan fingerprint density at radius 3 is 3.10 bits per heavy atom. The molecule has 4 unspecified atom stereocenters. The van der Waals surface area contributed by atoms with Gasteiger partial charge in [-0.05, 0) is 55.8 Å². The summed E-state index contributed by atoms with van der Waals surface area (Å²) >= 11 is 0. The van der Waals surface area contributed by atoms with Crippen LogP contribution in [0.25, 0.3) is 0 Å². The van der Waals surface area contributed by atoms with Crippen LogP contribution >= 0.6 is 0 Å². The van der Waals surface area contributed by atoms with Gasteiger partial charge in [-0.25, -0.2) is 4.39 Å². The van der Waals surface area contributed by atoms with Crippen molar-refractivity contribution in [1.29, 1.82) is 0 Å². The first-order valence-electron chi connectivity index (χ1n) is 7.44. The molecule has 3 nitrogen and oxygen atoms in total. The van der Waals surface area contributed by atoms with E-state index in [2.05, 4.69) is 10.6 Å². The Balaban J connectivity index is 1.64. The van der Waals surface area contributed by atoms with Crippen molar-refractivity contribution in [2.75, 3.05) is 6.54 Å². The van der Waals surface area contributed by atoms with Crippen molar-refractivity contribution in [3.05, 3.63) is 35.6 Å². The van der Waals surface area contributed by atoms with Crippen molar-refractivity contribution >= 4 is 5.91 Å². The molecule has 0 radical (unpaired) electrons. The number of amides is 1. The first kappa shape index (κ1) is 13.6. The smallest absolute Gasteiger partial charge is 0.237 e. The van der Waals surface area contributed by atoms with E-state index in [1.165, 1.54) is 25.0 Å². The SMILES string of the molecule is CC(NC(=O)C1NCC2CCCC21)c1cccc(F)c1. The van der Waals surface area contributed by atoms with Gasteiger partial charge in [0, 0.05) is 0 Å². The minimum absolute atomic E-state index is 0.0520. The predicted molar refractivity (Wildman–Crippen MR) is 75.6 cm³/mol. The van der Waals surface area contributed by atoms with Crippen LogP contribution in [0.3, 0.4) is 0 Å². The van der Waals surface area contributed by atoms with Crippen molar-refractivity contribution in [2.45, 2.75) is 38.3 Å². The van der Waals surface area contributed by atoms with Crippen LogP contribution in [0.2, 0.25) is 0 Å². The molecule has 1 saturated carbocycles. The standard InChI is InChI=1S/C16H21FN2O/c1-10(11-4-2-6-13(17)8-11)19-16(20)15-14-7-3-5-12(14)9-18-15/h2,4,6,8,10,12,14-15,18H,3,5,7,9H2,1H3,(H,19,20). The van der Waals surface area contributed by atoms with Crippen molar-refractivity contribution in [2.24, 2.45) is 11.8 Å². The molecule has 108 valence electrons. The summed E-state index contributed by atoms with van der Waals surface area (Å²) in [5, 5.41) is 6.35. The fourth-order valence-corrected chi connectivity index (χ4v) is 3.64. The lowest BCUT2D eigenvalue weighted by molar-refractivity contribution is -0.124. The van der Waals surface area contributed by atoms with Gasteiger partial charge in [-0.1, -0.05) is 18.6 Å². The number of nitrogens with one attached hydrogen (secondary N) is 2. The molecule has 0 bridgehead atoms. The van der Waals surface area contributed by atoms with Gasteiger partial charge >= 0.3 is 0 Å². The molecule has 4 atom stereocenters. The fraction of sp³-hybridized carbons (Fsp3) is 0.562. The Hall–Kier alpha value is -1.42. The third kappa shape index (κ3) is 2.57. The Bertz CT molecular complexity index is 505. The second-order valence-electron chi connectivity index (χ2n) is 6.03. The highest BCUT2D eigenvalue weighted by Crippen LogP contribution is 2.37. The van der Waals surface area contributed by atoms with Crippen LogP contribution in [-0.4, -0.2) is 18.5 Å². The summed E-state index contributed by atoms with van der Waals surface area (Å²) in [5.41, 5.74) is 0.805. The topological polar surface area (TPSA) is 41.1 Å². The van der Waals surface area contributed by atoms with Gasteiger partial charge in [0.2, 0.25) is 5.91 Å². The lowest BCUT2D eigenvalue weighted by Crippen LogP contribution is -2.44. The molecule has 1 saturated heterocycles. The zero-order valence-corrected chi connectivity index (χ0v) is 11.7.